The van der Waals surface area contributed by atoms with Gasteiger partial charge in [-0.1, -0.05) is 0 Å². The quantitative estimate of drug-likeness (QED) is 0.767. The lowest BCUT2D eigenvalue weighted by atomic mass is 9.83. The molecule has 0 spiro atoms. The maximum Gasteiger partial charge on any atom is 0.00385 e. The summed E-state index contributed by atoms with van der Waals surface area (Å²) < 4.78 is 0. The first kappa shape index (κ1) is 13.9. The molecule has 0 aromatic heterocycles. The second-order valence-corrected chi connectivity index (χ2v) is 5.73. The highest BCUT2D eigenvalue weighted by Crippen LogP contribution is 2.25. The van der Waals surface area contributed by atoms with Crippen LogP contribution in [0.4, 0.5) is 0 Å². The van der Waals surface area contributed by atoms with Gasteiger partial charge in [-0.3, -0.25) is 0 Å². The summed E-state index contributed by atoms with van der Waals surface area (Å²) in [7, 11) is 4.29. The molecule has 1 fully saturated rings. The first-order chi connectivity index (χ1) is 7.54. The first-order valence-corrected chi connectivity index (χ1v) is 6.63. The molecule has 0 aromatic rings. The summed E-state index contributed by atoms with van der Waals surface area (Å²) in [6.07, 6.45) is 2.65. The predicted octanol–water partition coefficient (Wildman–Crippen LogP) is 1.24. The lowest BCUT2D eigenvalue weighted by Crippen LogP contribution is -2.43. The molecule has 1 aliphatic rings. The predicted molar refractivity (Wildman–Crippen MR) is 70.5 cm³/mol. The Hall–Kier alpha value is -0.120. The van der Waals surface area contributed by atoms with Gasteiger partial charge >= 0.3 is 0 Å². The fraction of sp³-hybridized carbons (Fsp3) is 1.00. The zero-order valence-electron chi connectivity index (χ0n) is 11.4. The first-order valence-electron chi connectivity index (χ1n) is 6.63. The van der Waals surface area contributed by atoms with Gasteiger partial charge in [-0.25, -0.2) is 0 Å². The van der Waals surface area contributed by atoms with E-state index in [1.165, 1.54) is 25.9 Å². The Balaban J connectivity index is 2.38. The Labute approximate surface area is 101 Å². The van der Waals surface area contributed by atoms with Crippen molar-refractivity contribution in [2.45, 2.75) is 32.7 Å². The van der Waals surface area contributed by atoms with Gasteiger partial charge in [0, 0.05) is 12.6 Å². The average Bonchev–Trinajstić information content (AvgIpc) is 2.25. The fourth-order valence-electron chi connectivity index (χ4n) is 2.79. The minimum atomic E-state index is 0.685. The van der Waals surface area contributed by atoms with Crippen LogP contribution < -0.4 is 5.73 Å². The van der Waals surface area contributed by atoms with Gasteiger partial charge in [0.15, 0.2) is 0 Å². The molecule has 1 rings (SSSR count). The van der Waals surface area contributed by atoms with E-state index < -0.39 is 0 Å². The van der Waals surface area contributed by atoms with E-state index in [1.807, 2.05) is 0 Å². The molecule has 3 heteroatoms. The maximum absolute atomic E-state index is 5.91. The van der Waals surface area contributed by atoms with Crippen LogP contribution in [-0.2, 0) is 0 Å². The van der Waals surface area contributed by atoms with Crippen LogP contribution >= 0.6 is 0 Å². The largest absolute Gasteiger partial charge is 0.330 e. The van der Waals surface area contributed by atoms with Gasteiger partial charge in [-0.05, 0) is 72.3 Å². The normalized spacial score (nSPS) is 21.9. The fourth-order valence-corrected chi connectivity index (χ4v) is 2.79. The zero-order chi connectivity index (χ0) is 12.1. The molecule has 1 atom stereocenters. The van der Waals surface area contributed by atoms with Crippen LogP contribution in [0.5, 0.6) is 0 Å². The summed E-state index contributed by atoms with van der Waals surface area (Å²) >= 11 is 0. The van der Waals surface area contributed by atoms with Crippen LogP contribution in [0.3, 0.4) is 0 Å². The lowest BCUT2D eigenvalue weighted by molar-refractivity contribution is 0.112. The third-order valence-corrected chi connectivity index (χ3v) is 3.87. The van der Waals surface area contributed by atoms with Crippen LogP contribution in [-0.4, -0.2) is 56.1 Å². The molecule has 0 aliphatic carbocycles. The van der Waals surface area contributed by atoms with Gasteiger partial charge in [0.1, 0.15) is 0 Å². The Bertz CT molecular complexity index is 184. The molecule has 2 N–H and O–H groups in total. The minimum absolute atomic E-state index is 0.685. The van der Waals surface area contributed by atoms with Crippen molar-refractivity contribution in [3.63, 3.8) is 0 Å². The Morgan fingerprint density at radius 2 is 1.81 bits per heavy atom. The van der Waals surface area contributed by atoms with Crippen LogP contribution in [0.25, 0.3) is 0 Å². The van der Waals surface area contributed by atoms with Crippen molar-refractivity contribution in [3.05, 3.63) is 0 Å². The van der Waals surface area contributed by atoms with Crippen molar-refractivity contribution in [2.75, 3.05) is 40.3 Å². The third-order valence-electron chi connectivity index (χ3n) is 3.87. The van der Waals surface area contributed by atoms with Gasteiger partial charge in [0.2, 0.25) is 0 Å². The van der Waals surface area contributed by atoms with E-state index in [-0.39, 0.29) is 0 Å². The molecular formula is C13H29N3. The summed E-state index contributed by atoms with van der Waals surface area (Å²) in [4.78, 5) is 4.85. The standard InChI is InChI=1S/C13H29N3/c1-11(2)16-7-5-12(6-8-16)13(9-14)10-15(3)4/h11-13H,5-10,14H2,1-4H3. The number of rotatable bonds is 5. The highest BCUT2D eigenvalue weighted by molar-refractivity contribution is 4.80. The van der Waals surface area contributed by atoms with Crippen LogP contribution in [0.1, 0.15) is 26.7 Å². The van der Waals surface area contributed by atoms with Crippen molar-refractivity contribution >= 4 is 0 Å². The summed E-state index contributed by atoms with van der Waals surface area (Å²) in [6.45, 7) is 9.08. The molecule has 1 heterocycles. The average molecular weight is 227 g/mol. The zero-order valence-corrected chi connectivity index (χ0v) is 11.4. The molecule has 0 saturated carbocycles. The molecule has 0 radical (unpaired) electrons. The minimum Gasteiger partial charge on any atom is -0.330 e. The molecule has 0 amide bonds. The van der Waals surface area contributed by atoms with Crippen molar-refractivity contribution in [1.29, 1.82) is 0 Å². The molecule has 16 heavy (non-hydrogen) atoms. The lowest BCUT2D eigenvalue weighted by Gasteiger charge is -2.38. The van der Waals surface area contributed by atoms with E-state index >= 15 is 0 Å². The van der Waals surface area contributed by atoms with Gasteiger partial charge in [-0.2, -0.15) is 0 Å². The Kier molecular flexibility index (Phi) is 5.73. The SMILES string of the molecule is CC(C)N1CCC(C(CN)CN(C)C)CC1. The molecule has 0 bridgehead atoms. The molecule has 0 aromatic carbocycles. The van der Waals surface area contributed by atoms with Gasteiger partial charge < -0.3 is 15.5 Å². The second kappa shape index (κ2) is 6.58. The highest BCUT2D eigenvalue weighted by atomic mass is 15.1. The van der Waals surface area contributed by atoms with E-state index in [4.69, 9.17) is 5.73 Å². The molecule has 96 valence electrons. The molecule has 1 unspecified atom stereocenters. The molecule has 1 saturated heterocycles. The van der Waals surface area contributed by atoms with Crippen LogP contribution in [0, 0.1) is 11.8 Å². The Morgan fingerprint density at radius 3 is 2.19 bits per heavy atom. The molecular weight excluding hydrogens is 198 g/mol. The Morgan fingerprint density at radius 1 is 1.25 bits per heavy atom. The van der Waals surface area contributed by atoms with E-state index in [2.05, 4.69) is 37.7 Å². The van der Waals surface area contributed by atoms with Crippen molar-refractivity contribution in [2.24, 2.45) is 17.6 Å². The summed E-state index contributed by atoms with van der Waals surface area (Å²) in [5, 5.41) is 0. The topological polar surface area (TPSA) is 32.5 Å². The van der Waals surface area contributed by atoms with Gasteiger partial charge in [-0.15, -0.1) is 0 Å². The number of nitrogens with two attached hydrogens (primary N) is 1. The summed E-state index contributed by atoms with van der Waals surface area (Å²) in [6, 6.07) is 0.700. The van der Waals surface area contributed by atoms with Crippen molar-refractivity contribution in [1.82, 2.24) is 9.80 Å². The number of hydrogen-bond acceptors (Lipinski definition) is 3. The van der Waals surface area contributed by atoms with E-state index in [1.54, 1.807) is 0 Å². The molecule has 3 nitrogen and oxygen atoms in total. The number of nitrogens with zero attached hydrogens (tertiary/aromatic N) is 2. The number of piperidine rings is 1. The summed E-state index contributed by atoms with van der Waals surface area (Å²) in [5.41, 5.74) is 5.91. The monoisotopic (exact) mass is 227 g/mol. The highest BCUT2D eigenvalue weighted by Gasteiger charge is 2.26. The second-order valence-electron chi connectivity index (χ2n) is 5.73. The van der Waals surface area contributed by atoms with E-state index in [0.29, 0.717) is 12.0 Å². The third kappa shape index (κ3) is 4.04. The van der Waals surface area contributed by atoms with Crippen LogP contribution in [0.15, 0.2) is 0 Å². The van der Waals surface area contributed by atoms with Crippen molar-refractivity contribution < 1.29 is 0 Å². The van der Waals surface area contributed by atoms with E-state index in [0.717, 1.165) is 19.0 Å². The maximum atomic E-state index is 5.91. The molecule has 1 aliphatic heterocycles. The van der Waals surface area contributed by atoms with Crippen molar-refractivity contribution in [3.8, 4) is 0 Å². The summed E-state index contributed by atoms with van der Waals surface area (Å²) in [5.74, 6) is 1.52. The number of likely N-dealkylation sites (tertiary alicyclic amines) is 1. The van der Waals surface area contributed by atoms with Gasteiger partial charge in [0.25, 0.3) is 0 Å². The number of hydrogen-bond donors (Lipinski definition) is 1. The smallest absolute Gasteiger partial charge is 0.00385 e. The van der Waals surface area contributed by atoms with Gasteiger partial charge in [0.05, 0.1) is 0 Å². The van der Waals surface area contributed by atoms with Crippen LogP contribution in [0.2, 0.25) is 0 Å². The van der Waals surface area contributed by atoms with E-state index in [9.17, 15) is 0 Å².